The average molecular weight is 407 g/mol. The summed E-state index contributed by atoms with van der Waals surface area (Å²) in [7, 11) is 0. The first-order chi connectivity index (χ1) is 14.8. The molecule has 1 amide bonds. The maximum Gasteiger partial charge on any atom is 0.247 e. The largest absolute Gasteiger partial charge is 0.490 e. The highest BCUT2D eigenvalue weighted by Crippen LogP contribution is 2.38. The Bertz CT molecular complexity index is 970. The molecule has 3 aliphatic rings. The van der Waals surface area contributed by atoms with E-state index in [-0.39, 0.29) is 11.9 Å². The Morgan fingerprint density at radius 1 is 0.833 bits per heavy atom. The zero-order chi connectivity index (χ0) is 20.3. The molecule has 0 radical (unpaired) electrons. The molecule has 0 aliphatic carbocycles. The summed E-state index contributed by atoms with van der Waals surface area (Å²) < 4.78 is 22.7. The van der Waals surface area contributed by atoms with Crippen LogP contribution in [-0.2, 0) is 4.79 Å². The lowest BCUT2D eigenvalue weighted by Crippen LogP contribution is -2.28. The molecule has 6 heteroatoms. The van der Waals surface area contributed by atoms with Crippen LogP contribution in [-0.4, -0.2) is 43.8 Å². The quantitative estimate of drug-likeness (QED) is 0.720. The van der Waals surface area contributed by atoms with Crippen LogP contribution < -0.4 is 18.9 Å². The topological polar surface area (TPSA) is 57.2 Å². The maximum atomic E-state index is 13.0. The van der Waals surface area contributed by atoms with Crippen LogP contribution in [0.1, 0.15) is 36.4 Å². The lowest BCUT2D eigenvalue weighted by molar-refractivity contribution is -0.126. The summed E-state index contributed by atoms with van der Waals surface area (Å²) in [6.07, 6.45) is 6.30. The van der Waals surface area contributed by atoms with Gasteiger partial charge in [-0.3, -0.25) is 4.79 Å². The number of benzene rings is 2. The first-order valence-corrected chi connectivity index (χ1v) is 10.6. The van der Waals surface area contributed by atoms with Gasteiger partial charge in [-0.1, -0.05) is 12.1 Å². The van der Waals surface area contributed by atoms with Gasteiger partial charge in [0.1, 0.15) is 13.2 Å². The van der Waals surface area contributed by atoms with Gasteiger partial charge in [0.25, 0.3) is 0 Å². The third-order valence-electron chi connectivity index (χ3n) is 5.68. The van der Waals surface area contributed by atoms with Gasteiger partial charge in [-0.15, -0.1) is 0 Å². The fourth-order valence-electron chi connectivity index (χ4n) is 4.19. The predicted octanol–water partition coefficient (Wildman–Crippen LogP) is 4.00. The zero-order valence-electron chi connectivity index (χ0n) is 16.8. The van der Waals surface area contributed by atoms with Gasteiger partial charge in [-0.25, -0.2) is 0 Å². The molecule has 1 saturated heterocycles. The molecule has 2 aromatic carbocycles. The molecule has 0 saturated carbocycles. The van der Waals surface area contributed by atoms with Gasteiger partial charge in [0.2, 0.25) is 5.91 Å². The third-order valence-corrected chi connectivity index (χ3v) is 5.68. The number of hydrogen-bond acceptors (Lipinski definition) is 5. The van der Waals surface area contributed by atoms with Gasteiger partial charge >= 0.3 is 0 Å². The highest BCUT2D eigenvalue weighted by molar-refractivity contribution is 5.92. The number of carbonyl (C=O) groups is 1. The summed E-state index contributed by atoms with van der Waals surface area (Å²) in [5.74, 6) is 3.04. The van der Waals surface area contributed by atoms with E-state index in [0.717, 1.165) is 59.9 Å². The molecule has 3 aliphatic heterocycles. The number of hydrogen-bond donors (Lipinski definition) is 0. The second-order valence-electron chi connectivity index (χ2n) is 7.68. The predicted molar refractivity (Wildman–Crippen MR) is 112 cm³/mol. The smallest absolute Gasteiger partial charge is 0.247 e. The van der Waals surface area contributed by atoms with E-state index in [1.165, 1.54) is 0 Å². The van der Waals surface area contributed by atoms with E-state index >= 15 is 0 Å². The number of nitrogens with zero attached hydrogens (tertiary/aromatic N) is 1. The number of rotatable bonds is 3. The van der Waals surface area contributed by atoms with Crippen molar-refractivity contribution in [3.8, 4) is 23.0 Å². The summed E-state index contributed by atoms with van der Waals surface area (Å²) in [5.41, 5.74) is 2.01. The van der Waals surface area contributed by atoms with Crippen LogP contribution in [0.3, 0.4) is 0 Å². The summed E-state index contributed by atoms with van der Waals surface area (Å²) in [6.45, 7) is 3.19. The maximum absolute atomic E-state index is 13.0. The van der Waals surface area contributed by atoms with Gasteiger partial charge in [-0.05, 0) is 54.3 Å². The van der Waals surface area contributed by atoms with Crippen LogP contribution in [0.15, 0.2) is 42.5 Å². The van der Waals surface area contributed by atoms with E-state index in [9.17, 15) is 4.79 Å². The van der Waals surface area contributed by atoms with Crippen molar-refractivity contribution in [2.45, 2.75) is 25.3 Å². The van der Waals surface area contributed by atoms with Crippen LogP contribution in [0, 0.1) is 0 Å². The number of fused-ring (bicyclic) bond motifs is 2. The highest BCUT2D eigenvalue weighted by atomic mass is 16.6. The van der Waals surface area contributed by atoms with Crippen molar-refractivity contribution in [2.24, 2.45) is 0 Å². The molecule has 3 heterocycles. The molecule has 0 N–H and O–H groups in total. The van der Waals surface area contributed by atoms with Crippen LogP contribution in [0.5, 0.6) is 23.0 Å². The Hall–Kier alpha value is -3.15. The molecule has 156 valence electrons. The Morgan fingerprint density at radius 2 is 1.53 bits per heavy atom. The van der Waals surface area contributed by atoms with E-state index in [4.69, 9.17) is 18.9 Å². The van der Waals surface area contributed by atoms with Crippen LogP contribution in [0.2, 0.25) is 0 Å². The molecule has 0 spiro atoms. The lowest BCUT2D eigenvalue weighted by Gasteiger charge is -2.24. The van der Waals surface area contributed by atoms with E-state index in [2.05, 4.69) is 0 Å². The lowest BCUT2D eigenvalue weighted by atomic mass is 10.0. The normalized spacial score (nSPS) is 20.3. The summed E-state index contributed by atoms with van der Waals surface area (Å²) in [4.78, 5) is 14.9. The van der Waals surface area contributed by atoms with Crippen molar-refractivity contribution in [3.63, 3.8) is 0 Å². The van der Waals surface area contributed by atoms with E-state index < -0.39 is 0 Å². The average Bonchev–Trinajstić information content (AvgIpc) is 3.16. The van der Waals surface area contributed by atoms with Gasteiger partial charge < -0.3 is 23.8 Å². The first kappa shape index (κ1) is 18.9. The van der Waals surface area contributed by atoms with Crippen molar-refractivity contribution in [1.29, 1.82) is 0 Å². The van der Waals surface area contributed by atoms with Gasteiger partial charge in [0, 0.05) is 19.0 Å². The molecular weight excluding hydrogens is 382 g/mol. The van der Waals surface area contributed by atoms with Crippen LogP contribution >= 0.6 is 0 Å². The minimum atomic E-state index is 0.0134. The minimum absolute atomic E-state index is 0.0134. The zero-order valence-corrected chi connectivity index (χ0v) is 16.8. The minimum Gasteiger partial charge on any atom is -0.490 e. The Morgan fingerprint density at radius 3 is 2.40 bits per heavy atom. The molecule has 5 rings (SSSR count). The van der Waals surface area contributed by atoms with Gasteiger partial charge in [0.15, 0.2) is 23.0 Å². The van der Waals surface area contributed by atoms with Crippen LogP contribution in [0.25, 0.3) is 6.08 Å². The van der Waals surface area contributed by atoms with Gasteiger partial charge in [-0.2, -0.15) is 0 Å². The number of likely N-dealkylation sites (tertiary alicyclic amines) is 1. The van der Waals surface area contributed by atoms with Crippen molar-refractivity contribution in [3.05, 3.63) is 53.6 Å². The summed E-state index contributed by atoms with van der Waals surface area (Å²) >= 11 is 0. The van der Waals surface area contributed by atoms with E-state index in [0.29, 0.717) is 26.4 Å². The van der Waals surface area contributed by atoms with Crippen LogP contribution in [0.4, 0.5) is 0 Å². The van der Waals surface area contributed by atoms with Crippen molar-refractivity contribution >= 4 is 12.0 Å². The standard InChI is InChI=1S/C24H25NO5/c26-24(9-5-17-4-7-20-22(15-17)30-14-13-29-20)25-10-1-3-19(25)18-6-8-21-23(16-18)28-12-2-11-27-21/h4-9,15-16,19H,1-3,10-14H2/b9-5+. The number of ether oxygens (including phenoxy) is 4. The number of amides is 1. The monoisotopic (exact) mass is 407 g/mol. The Kier molecular flexibility index (Phi) is 5.22. The highest BCUT2D eigenvalue weighted by Gasteiger charge is 2.29. The first-order valence-electron chi connectivity index (χ1n) is 10.6. The fourth-order valence-corrected chi connectivity index (χ4v) is 4.19. The molecule has 1 atom stereocenters. The summed E-state index contributed by atoms with van der Waals surface area (Å²) in [6, 6.07) is 11.8. The van der Waals surface area contributed by atoms with E-state index in [1.807, 2.05) is 47.4 Å². The third kappa shape index (κ3) is 3.82. The molecular formula is C24H25NO5. The number of carbonyl (C=O) groups excluding carboxylic acids is 1. The molecule has 30 heavy (non-hydrogen) atoms. The molecule has 2 aromatic rings. The Balaban J connectivity index is 1.32. The molecule has 6 nitrogen and oxygen atoms in total. The van der Waals surface area contributed by atoms with Crippen molar-refractivity contribution in [2.75, 3.05) is 33.0 Å². The van der Waals surface area contributed by atoms with Crippen molar-refractivity contribution < 1.29 is 23.7 Å². The second-order valence-corrected chi connectivity index (χ2v) is 7.68. The Labute approximate surface area is 176 Å². The summed E-state index contributed by atoms with van der Waals surface area (Å²) in [5, 5.41) is 0. The molecule has 0 bridgehead atoms. The molecule has 1 unspecified atom stereocenters. The SMILES string of the molecule is O=C(/C=C/c1ccc2c(c1)OCCO2)N1CCCC1c1ccc2c(c1)OCCCO2. The molecule has 0 aromatic heterocycles. The van der Waals surface area contributed by atoms with Gasteiger partial charge in [0.05, 0.1) is 19.3 Å². The van der Waals surface area contributed by atoms with E-state index in [1.54, 1.807) is 6.08 Å². The fraction of sp³-hybridized carbons (Fsp3) is 0.375. The second kappa shape index (κ2) is 8.30. The van der Waals surface area contributed by atoms with Crippen molar-refractivity contribution in [1.82, 2.24) is 4.90 Å². The molecule has 1 fully saturated rings.